The molecule has 0 aromatic heterocycles. The van der Waals surface area contributed by atoms with Crippen molar-refractivity contribution in [3.63, 3.8) is 0 Å². The Morgan fingerprint density at radius 2 is 1.95 bits per heavy atom. The highest BCUT2D eigenvalue weighted by atomic mass is 32.2. The highest BCUT2D eigenvalue weighted by Gasteiger charge is 2.38. The summed E-state index contributed by atoms with van der Waals surface area (Å²) in [6.45, 7) is 0.124. The molecule has 112 valence electrons. The zero-order chi connectivity index (χ0) is 14.8. The minimum absolute atomic E-state index is 0.120. The van der Waals surface area contributed by atoms with Crippen molar-refractivity contribution in [3.05, 3.63) is 35.6 Å². The summed E-state index contributed by atoms with van der Waals surface area (Å²) < 4.78 is 37.1. The van der Waals surface area contributed by atoms with Gasteiger partial charge in [-0.05, 0) is 30.5 Å². The number of nitrogens with two attached hydrogens (primary N) is 1. The fourth-order valence-electron chi connectivity index (χ4n) is 2.80. The molecule has 3 atom stereocenters. The summed E-state index contributed by atoms with van der Waals surface area (Å²) in [5, 5.41) is 9.67. The number of aliphatic hydroxyl groups excluding tert-OH is 1. The van der Waals surface area contributed by atoms with Gasteiger partial charge in [0.25, 0.3) is 0 Å². The monoisotopic (exact) mass is 301 g/mol. The third-order valence-corrected chi connectivity index (χ3v) is 6.27. The standard InChI is InChI=1S/C14H20FNO3S/c15-11-6-4-10(5-7-11)12(9-16)14(17)13-3-1-2-8-20(13,18)19/h4-7,12-14,17H,1-3,8-9,16H2. The van der Waals surface area contributed by atoms with Crippen LogP contribution in [0.2, 0.25) is 0 Å². The highest BCUT2D eigenvalue weighted by Crippen LogP contribution is 2.30. The molecule has 1 saturated heterocycles. The summed E-state index contributed by atoms with van der Waals surface area (Å²) in [4.78, 5) is 0. The van der Waals surface area contributed by atoms with Crippen LogP contribution in [-0.2, 0) is 9.84 Å². The predicted molar refractivity (Wildman–Crippen MR) is 75.6 cm³/mol. The molecule has 0 radical (unpaired) electrons. The number of halogens is 1. The number of aliphatic hydroxyl groups is 1. The second-order valence-corrected chi connectivity index (χ2v) is 7.63. The van der Waals surface area contributed by atoms with E-state index in [4.69, 9.17) is 5.73 Å². The van der Waals surface area contributed by atoms with E-state index in [0.717, 1.165) is 6.42 Å². The van der Waals surface area contributed by atoms with Crippen LogP contribution in [0.3, 0.4) is 0 Å². The molecule has 1 heterocycles. The highest BCUT2D eigenvalue weighted by molar-refractivity contribution is 7.92. The lowest BCUT2D eigenvalue weighted by molar-refractivity contribution is 0.133. The second-order valence-electron chi connectivity index (χ2n) is 5.29. The number of sulfone groups is 1. The Kier molecular flexibility index (Phi) is 4.78. The minimum atomic E-state index is -3.27. The first-order valence-corrected chi connectivity index (χ1v) is 8.52. The first-order valence-electron chi connectivity index (χ1n) is 6.81. The molecule has 1 aliphatic heterocycles. The summed E-state index contributed by atoms with van der Waals surface area (Å²) >= 11 is 0. The average molecular weight is 301 g/mol. The van der Waals surface area contributed by atoms with Crippen LogP contribution in [0.1, 0.15) is 30.7 Å². The van der Waals surface area contributed by atoms with Gasteiger partial charge in [0.15, 0.2) is 9.84 Å². The Labute approximate surface area is 118 Å². The molecule has 2 rings (SSSR count). The van der Waals surface area contributed by atoms with E-state index in [0.29, 0.717) is 18.4 Å². The normalized spacial score (nSPS) is 25.1. The molecule has 0 bridgehead atoms. The van der Waals surface area contributed by atoms with E-state index in [1.165, 1.54) is 12.1 Å². The molecule has 0 spiro atoms. The molecule has 1 aliphatic rings. The molecule has 0 saturated carbocycles. The van der Waals surface area contributed by atoms with E-state index in [1.54, 1.807) is 12.1 Å². The molecular weight excluding hydrogens is 281 g/mol. The second kappa shape index (κ2) is 6.20. The largest absolute Gasteiger partial charge is 0.391 e. The van der Waals surface area contributed by atoms with Gasteiger partial charge >= 0.3 is 0 Å². The lowest BCUT2D eigenvalue weighted by Crippen LogP contribution is -2.43. The summed E-state index contributed by atoms with van der Waals surface area (Å²) in [5.41, 5.74) is 6.36. The maximum Gasteiger partial charge on any atom is 0.155 e. The van der Waals surface area contributed by atoms with Crippen LogP contribution in [0.25, 0.3) is 0 Å². The molecular formula is C14H20FNO3S. The number of benzene rings is 1. The van der Waals surface area contributed by atoms with E-state index in [-0.39, 0.29) is 18.1 Å². The van der Waals surface area contributed by atoms with Crippen molar-refractivity contribution < 1.29 is 17.9 Å². The van der Waals surface area contributed by atoms with Crippen molar-refractivity contribution in [3.8, 4) is 0 Å². The van der Waals surface area contributed by atoms with Gasteiger partial charge in [-0.25, -0.2) is 12.8 Å². The zero-order valence-corrected chi connectivity index (χ0v) is 12.0. The van der Waals surface area contributed by atoms with Gasteiger partial charge in [-0.3, -0.25) is 0 Å². The van der Waals surface area contributed by atoms with Gasteiger partial charge in [0.05, 0.1) is 17.1 Å². The maximum atomic E-state index is 12.9. The quantitative estimate of drug-likeness (QED) is 0.875. The summed E-state index contributed by atoms with van der Waals surface area (Å²) in [6, 6.07) is 5.68. The van der Waals surface area contributed by atoms with Crippen LogP contribution >= 0.6 is 0 Å². The summed E-state index contributed by atoms with van der Waals surface area (Å²) in [7, 11) is -3.27. The van der Waals surface area contributed by atoms with Crippen molar-refractivity contribution in [2.24, 2.45) is 5.73 Å². The van der Waals surface area contributed by atoms with E-state index in [2.05, 4.69) is 0 Å². The third-order valence-electron chi connectivity index (χ3n) is 3.97. The predicted octanol–water partition coefficient (Wildman–Crippen LogP) is 1.20. The molecule has 0 aliphatic carbocycles. The smallest absolute Gasteiger partial charge is 0.155 e. The van der Waals surface area contributed by atoms with Crippen molar-refractivity contribution in [2.75, 3.05) is 12.3 Å². The minimum Gasteiger partial charge on any atom is -0.391 e. The molecule has 6 heteroatoms. The van der Waals surface area contributed by atoms with Gasteiger partial charge in [-0.15, -0.1) is 0 Å². The SMILES string of the molecule is NCC(c1ccc(F)cc1)C(O)C1CCCCS1(=O)=O. The topological polar surface area (TPSA) is 80.4 Å². The van der Waals surface area contributed by atoms with Crippen LogP contribution in [0, 0.1) is 5.82 Å². The molecule has 1 aromatic rings. The van der Waals surface area contributed by atoms with Crippen LogP contribution in [0.15, 0.2) is 24.3 Å². The Balaban J connectivity index is 2.24. The Hall–Kier alpha value is -0.980. The van der Waals surface area contributed by atoms with Crippen molar-refractivity contribution >= 4 is 9.84 Å². The van der Waals surface area contributed by atoms with E-state index < -0.39 is 27.1 Å². The molecule has 3 N–H and O–H groups in total. The van der Waals surface area contributed by atoms with Gasteiger partial charge in [-0.1, -0.05) is 18.6 Å². The van der Waals surface area contributed by atoms with Crippen LogP contribution in [-0.4, -0.2) is 37.2 Å². The molecule has 20 heavy (non-hydrogen) atoms. The van der Waals surface area contributed by atoms with Crippen molar-refractivity contribution in [1.82, 2.24) is 0 Å². The van der Waals surface area contributed by atoms with Crippen LogP contribution in [0.4, 0.5) is 4.39 Å². The molecule has 0 amide bonds. The van der Waals surface area contributed by atoms with E-state index >= 15 is 0 Å². The van der Waals surface area contributed by atoms with E-state index in [9.17, 15) is 17.9 Å². The first-order chi connectivity index (χ1) is 9.45. The molecule has 1 aromatic carbocycles. The van der Waals surface area contributed by atoms with Gasteiger partial charge in [0.1, 0.15) is 5.82 Å². The number of rotatable bonds is 4. The fourth-order valence-corrected chi connectivity index (χ4v) is 4.85. The average Bonchev–Trinajstić information content (AvgIpc) is 2.41. The van der Waals surface area contributed by atoms with Crippen LogP contribution < -0.4 is 5.73 Å². The summed E-state index contributed by atoms with van der Waals surface area (Å²) in [6.07, 6.45) is 0.855. The van der Waals surface area contributed by atoms with Crippen LogP contribution in [0.5, 0.6) is 0 Å². The number of hydrogen-bond acceptors (Lipinski definition) is 4. The van der Waals surface area contributed by atoms with Gasteiger partial charge in [0.2, 0.25) is 0 Å². The lowest BCUT2D eigenvalue weighted by atomic mass is 9.90. The third kappa shape index (κ3) is 3.19. The van der Waals surface area contributed by atoms with Gasteiger partial charge in [0, 0.05) is 12.5 Å². The van der Waals surface area contributed by atoms with Gasteiger partial charge < -0.3 is 10.8 Å². The molecule has 3 unspecified atom stereocenters. The first kappa shape index (κ1) is 15.4. The Bertz CT molecular complexity index is 544. The summed E-state index contributed by atoms with van der Waals surface area (Å²) in [5.74, 6) is -0.743. The Morgan fingerprint density at radius 3 is 2.50 bits per heavy atom. The van der Waals surface area contributed by atoms with E-state index in [1.807, 2.05) is 0 Å². The fraction of sp³-hybridized carbons (Fsp3) is 0.571. The molecule has 4 nitrogen and oxygen atoms in total. The van der Waals surface area contributed by atoms with Crippen molar-refractivity contribution in [2.45, 2.75) is 36.5 Å². The zero-order valence-electron chi connectivity index (χ0n) is 11.2. The van der Waals surface area contributed by atoms with Gasteiger partial charge in [-0.2, -0.15) is 0 Å². The number of hydrogen-bond donors (Lipinski definition) is 2. The Morgan fingerprint density at radius 1 is 1.30 bits per heavy atom. The molecule has 1 fully saturated rings. The maximum absolute atomic E-state index is 12.9. The van der Waals surface area contributed by atoms with Crippen molar-refractivity contribution in [1.29, 1.82) is 0 Å². The lowest BCUT2D eigenvalue weighted by Gasteiger charge is -2.31.